The van der Waals surface area contributed by atoms with E-state index in [-0.39, 0.29) is 11.8 Å². The maximum Gasteiger partial charge on any atom is 0.412 e. The Kier molecular flexibility index (Phi) is 6.82. The van der Waals surface area contributed by atoms with Gasteiger partial charge in [0.05, 0.1) is 12.8 Å². The van der Waals surface area contributed by atoms with Crippen LogP contribution in [-0.4, -0.2) is 43.2 Å². The molecule has 0 bridgehead atoms. The van der Waals surface area contributed by atoms with Crippen LogP contribution < -0.4 is 15.4 Å². The van der Waals surface area contributed by atoms with Crippen molar-refractivity contribution in [2.45, 2.75) is 64.1 Å². The number of methoxy groups -OCH3 is 1. The molecule has 7 nitrogen and oxygen atoms in total. The van der Waals surface area contributed by atoms with Gasteiger partial charge in [-0.25, -0.2) is 4.79 Å². The van der Waals surface area contributed by atoms with Gasteiger partial charge in [-0.1, -0.05) is 36.4 Å². The highest BCUT2D eigenvalue weighted by atomic mass is 16.6. The van der Waals surface area contributed by atoms with Gasteiger partial charge in [-0.05, 0) is 63.1 Å². The SMILES string of the molecule is COc1cc2c(cc1C[C@@H]1CCCN(C(=O)OC(C)(C)C)[C@]1(N)c1ccccc1)CCC(=O)N2C. The number of hydrogen-bond acceptors (Lipinski definition) is 5. The lowest BCUT2D eigenvalue weighted by atomic mass is 9.75. The molecule has 2 N–H and O–H groups in total. The molecule has 2 aliphatic rings. The Morgan fingerprint density at radius 3 is 2.54 bits per heavy atom. The fourth-order valence-corrected chi connectivity index (χ4v) is 5.37. The lowest BCUT2D eigenvalue weighted by Gasteiger charge is -2.50. The Bertz CT molecular complexity index is 1100. The molecule has 0 saturated carbocycles. The van der Waals surface area contributed by atoms with Crippen LogP contribution in [0.25, 0.3) is 0 Å². The van der Waals surface area contributed by atoms with Crippen LogP contribution in [0.1, 0.15) is 56.7 Å². The molecule has 2 aromatic rings. The first-order chi connectivity index (χ1) is 16.5. The maximum absolute atomic E-state index is 13.3. The van der Waals surface area contributed by atoms with Crippen LogP contribution in [0.3, 0.4) is 0 Å². The van der Waals surface area contributed by atoms with Crippen molar-refractivity contribution < 1.29 is 19.1 Å². The first kappa shape index (κ1) is 25.0. The summed E-state index contributed by atoms with van der Waals surface area (Å²) >= 11 is 0. The van der Waals surface area contributed by atoms with E-state index in [2.05, 4.69) is 6.07 Å². The van der Waals surface area contributed by atoms with Gasteiger partial charge in [-0.3, -0.25) is 9.69 Å². The first-order valence-corrected chi connectivity index (χ1v) is 12.4. The third-order valence-electron chi connectivity index (χ3n) is 7.15. The van der Waals surface area contributed by atoms with Gasteiger partial charge in [0.1, 0.15) is 17.0 Å². The van der Waals surface area contributed by atoms with Crippen LogP contribution >= 0.6 is 0 Å². The highest BCUT2D eigenvalue weighted by Crippen LogP contribution is 2.43. The molecule has 0 aliphatic carbocycles. The topological polar surface area (TPSA) is 85.1 Å². The number of piperidine rings is 1. The second kappa shape index (κ2) is 9.53. The number of nitrogens with zero attached hydrogens (tertiary/aromatic N) is 2. The zero-order valence-corrected chi connectivity index (χ0v) is 21.5. The minimum atomic E-state index is -1.03. The van der Waals surface area contributed by atoms with E-state index in [1.807, 2.05) is 57.2 Å². The summed E-state index contributed by atoms with van der Waals surface area (Å²) in [6.45, 7) is 6.14. The molecular formula is C28H37N3O4. The zero-order chi connectivity index (χ0) is 25.4. The largest absolute Gasteiger partial charge is 0.496 e. The van der Waals surface area contributed by atoms with Crippen molar-refractivity contribution in [2.24, 2.45) is 11.7 Å². The van der Waals surface area contributed by atoms with Crippen LogP contribution in [0.15, 0.2) is 42.5 Å². The second-order valence-corrected chi connectivity index (χ2v) is 10.6. The molecular weight excluding hydrogens is 442 g/mol. The van der Waals surface area contributed by atoms with Gasteiger partial charge in [0.15, 0.2) is 0 Å². The van der Waals surface area contributed by atoms with Gasteiger partial charge in [0, 0.05) is 32.0 Å². The summed E-state index contributed by atoms with van der Waals surface area (Å²) in [7, 11) is 3.45. The van der Waals surface area contributed by atoms with Crippen LogP contribution in [-0.2, 0) is 28.0 Å². The molecule has 2 aliphatic heterocycles. The minimum Gasteiger partial charge on any atom is -0.496 e. The first-order valence-electron chi connectivity index (χ1n) is 12.4. The number of nitrogens with two attached hydrogens (primary N) is 1. The molecule has 2 amide bonds. The summed E-state index contributed by atoms with van der Waals surface area (Å²) in [6.07, 6.45) is 3.14. The van der Waals surface area contributed by atoms with E-state index in [4.69, 9.17) is 15.2 Å². The normalized spacial score (nSPS) is 22.6. The molecule has 1 saturated heterocycles. The van der Waals surface area contributed by atoms with Gasteiger partial charge in [-0.15, -0.1) is 0 Å². The van der Waals surface area contributed by atoms with E-state index in [9.17, 15) is 9.59 Å². The molecule has 4 rings (SSSR count). The Morgan fingerprint density at radius 1 is 1.17 bits per heavy atom. The van der Waals surface area contributed by atoms with Crippen LogP contribution in [0.5, 0.6) is 5.75 Å². The summed E-state index contributed by atoms with van der Waals surface area (Å²) in [6, 6.07) is 13.9. The molecule has 2 heterocycles. The number of likely N-dealkylation sites (tertiary alicyclic amines) is 1. The number of ether oxygens (including phenoxy) is 2. The summed E-state index contributed by atoms with van der Waals surface area (Å²) in [5, 5.41) is 0. The summed E-state index contributed by atoms with van der Waals surface area (Å²) in [5.74, 6) is 0.786. The number of amides is 2. The predicted molar refractivity (Wildman–Crippen MR) is 136 cm³/mol. The molecule has 1 fully saturated rings. The number of fused-ring (bicyclic) bond motifs is 1. The van der Waals surface area contributed by atoms with Crippen molar-refractivity contribution in [3.05, 3.63) is 59.2 Å². The summed E-state index contributed by atoms with van der Waals surface area (Å²) in [5.41, 5.74) is 9.53. The molecule has 0 aromatic heterocycles. The average molecular weight is 480 g/mol. The second-order valence-electron chi connectivity index (χ2n) is 10.6. The van der Waals surface area contributed by atoms with Crippen molar-refractivity contribution in [1.29, 1.82) is 0 Å². The highest BCUT2D eigenvalue weighted by molar-refractivity contribution is 5.96. The molecule has 0 radical (unpaired) electrons. The Morgan fingerprint density at radius 2 is 1.89 bits per heavy atom. The van der Waals surface area contributed by atoms with Crippen molar-refractivity contribution in [3.63, 3.8) is 0 Å². The van der Waals surface area contributed by atoms with E-state index in [0.717, 1.165) is 41.0 Å². The summed E-state index contributed by atoms with van der Waals surface area (Å²) < 4.78 is 11.5. The third-order valence-corrected chi connectivity index (χ3v) is 7.15. The van der Waals surface area contributed by atoms with Crippen LogP contribution in [0.4, 0.5) is 10.5 Å². The standard InChI is InChI=1S/C28H37N3O4/c1-27(2,3)35-26(33)31-15-9-12-22(28(31,29)21-10-7-6-8-11-21)17-20-16-19-13-14-25(32)30(4)23(19)18-24(20)34-5/h6-8,10-11,16,18,22H,9,12-15,17,29H2,1-5H3/t22-,28+/m0/s1. The molecule has 0 spiro atoms. The van der Waals surface area contributed by atoms with Gasteiger partial charge in [-0.2, -0.15) is 0 Å². The monoisotopic (exact) mass is 479 g/mol. The fraction of sp³-hybridized carbons (Fsp3) is 0.500. The maximum atomic E-state index is 13.3. The van der Waals surface area contributed by atoms with E-state index < -0.39 is 17.4 Å². The molecule has 2 atom stereocenters. The average Bonchev–Trinajstić information content (AvgIpc) is 2.82. The molecule has 0 unspecified atom stereocenters. The van der Waals surface area contributed by atoms with Gasteiger partial charge in [0.2, 0.25) is 5.91 Å². The van der Waals surface area contributed by atoms with Gasteiger partial charge < -0.3 is 20.1 Å². The fourth-order valence-electron chi connectivity index (χ4n) is 5.37. The molecule has 35 heavy (non-hydrogen) atoms. The molecule has 7 heteroatoms. The van der Waals surface area contributed by atoms with Crippen LogP contribution in [0, 0.1) is 5.92 Å². The number of carbonyl (C=O) groups is 2. The van der Waals surface area contributed by atoms with Gasteiger partial charge >= 0.3 is 6.09 Å². The molecule has 188 valence electrons. The number of rotatable bonds is 4. The Labute approximate surface area is 208 Å². The lowest BCUT2D eigenvalue weighted by molar-refractivity contribution is -0.118. The van der Waals surface area contributed by atoms with Crippen molar-refractivity contribution in [1.82, 2.24) is 4.90 Å². The van der Waals surface area contributed by atoms with Crippen molar-refractivity contribution in [2.75, 3.05) is 25.6 Å². The molecule has 2 aromatic carbocycles. The lowest BCUT2D eigenvalue weighted by Crippen LogP contribution is -2.63. The Balaban J connectivity index is 1.74. The van der Waals surface area contributed by atoms with Crippen LogP contribution in [0.2, 0.25) is 0 Å². The van der Waals surface area contributed by atoms with Gasteiger partial charge in [0.25, 0.3) is 0 Å². The van der Waals surface area contributed by atoms with E-state index in [1.165, 1.54) is 0 Å². The zero-order valence-electron chi connectivity index (χ0n) is 21.5. The number of hydrogen-bond donors (Lipinski definition) is 1. The minimum absolute atomic E-state index is 0.0546. The Hall–Kier alpha value is -3.06. The van der Waals surface area contributed by atoms with E-state index in [0.29, 0.717) is 25.8 Å². The van der Waals surface area contributed by atoms with Crippen molar-refractivity contribution in [3.8, 4) is 5.75 Å². The van der Waals surface area contributed by atoms with Crippen molar-refractivity contribution >= 4 is 17.7 Å². The third kappa shape index (κ3) is 4.87. The number of benzene rings is 2. The smallest absolute Gasteiger partial charge is 0.412 e. The predicted octanol–water partition coefficient (Wildman–Crippen LogP) is 4.61. The number of anilines is 1. The number of aryl methyl sites for hydroxylation is 1. The van der Waals surface area contributed by atoms with E-state index >= 15 is 0 Å². The number of carbonyl (C=O) groups excluding carboxylic acids is 2. The van der Waals surface area contributed by atoms with E-state index in [1.54, 1.807) is 24.0 Å². The quantitative estimate of drug-likeness (QED) is 0.692. The highest BCUT2D eigenvalue weighted by Gasteiger charge is 2.48. The summed E-state index contributed by atoms with van der Waals surface area (Å²) in [4.78, 5) is 29.0.